The van der Waals surface area contributed by atoms with Crippen LogP contribution in [0.2, 0.25) is 0 Å². The first-order chi connectivity index (χ1) is 11.7. The zero-order valence-electron chi connectivity index (χ0n) is 13.4. The van der Waals surface area contributed by atoms with Crippen LogP contribution in [-0.4, -0.2) is 36.7 Å². The molecule has 126 valence electrons. The Hall–Kier alpha value is -2.66. The van der Waals surface area contributed by atoms with Gasteiger partial charge in [-0.1, -0.05) is 36.4 Å². The highest BCUT2D eigenvalue weighted by molar-refractivity contribution is 5.97. The van der Waals surface area contributed by atoms with E-state index in [0.29, 0.717) is 31.7 Å². The maximum Gasteiger partial charge on any atom is 0.335 e. The molecule has 5 heteroatoms. The van der Waals surface area contributed by atoms with E-state index in [-0.39, 0.29) is 11.5 Å². The summed E-state index contributed by atoms with van der Waals surface area (Å²) in [7, 11) is 0. The predicted octanol–water partition coefficient (Wildman–Crippen LogP) is 2.76. The van der Waals surface area contributed by atoms with Crippen LogP contribution in [0.5, 0.6) is 0 Å². The average molecular weight is 327 g/mol. The van der Waals surface area contributed by atoms with E-state index in [1.54, 1.807) is 12.1 Å². The second kappa shape index (κ2) is 9.47. The van der Waals surface area contributed by atoms with Crippen LogP contribution in [0.4, 0.5) is 0 Å². The molecule has 0 aromatic heterocycles. The van der Waals surface area contributed by atoms with E-state index in [9.17, 15) is 9.59 Å². The van der Waals surface area contributed by atoms with Crippen molar-refractivity contribution in [1.82, 2.24) is 5.32 Å². The lowest BCUT2D eigenvalue weighted by atomic mass is 10.1. The van der Waals surface area contributed by atoms with Crippen molar-refractivity contribution in [3.05, 3.63) is 71.3 Å². The summed E-state index contributed by atoms with van der Waals surface area (Å²) in [5.41, 5.74) is 1.69. The molecule has 0 atom stereocenters. The number of ether oxygens (including phenoxy) is 1. The number of aromatic carboxylic acids is 1. The Morgan fingerprint density at radius 3 is 2.46 bits per heavy atom. The third kappa shape index (κ3) is 5.85. The third-order valence-corrected chi connectivity index (χ3v) is 3.50. The van der Waals surface area contributed by atoms with Crippen molar-refractivity contribution in [2.45, 2.75) is 12.8 Å². The van der Waals surface area contributed by atoms with E-state index in [4.69, 9.17) is 9.84 Å². The Kier molecular flexibility index (Phi) is 6.98. The molecule has 0 aliphatic rings. The number of carboxylic acid groups (broad SMARTS) is 1. The van der Waals surface area contributed by atoms with Crippen LogP contribution >= 0.6 is 0 Å². The summed E-state index contributed by atoms with van der Waals surface area (Å²) in [6, 6.07) is 16.1. The molecule has 2 rings (SSSR count). The van der Waals surface area contributed by atoms with Gasteiger partial charge in [0.1, 0.15) is 0 Å². The van der Waals surface area contributed by atoms with Gasteiger partial charge in [0, 0.05) is 18.7 Å². The molecule has 2 aromatic carbocycles. The molecule has 2 aromatic rings. The summed E-state index contributed by atoms with van der Waals surface area (Å²) < 4.78 is 5.55. The maximum atomic E-state index is 11.9. The first-order valence-corrected chi connectivity index (χ1v) is 7.90. The summed E-state index contributed by atoms with van der Waals surface area (Å²) in [5, 5.41) is 11.7. The smallest absolute Gasteiger partial charge is 0.335 e. The Labute approximate surface area is 141 Å². The van der Waals surface area contributed by atoms with E-state index in [1.165, 1.54) is 17.7 Å². The molecule has 0 unspecified atom stereocenters. The fraction of sp³-hybridized carbons (Fsp3) is 0.263. The molecule has 0 radical (unpaired) electrons. The van der Waals surface area contributed by atoms with Crippen molar-refractivity contribution in [3.8, 4) is 0 Å². The quantitative estimate of drug-likeness (QED) is 0.695. The Morgan fingerprint density at radius 1 is 0.958 bits per heavy atom. The minimum atomic E-state index is -1.04. The number of benzene rings is 2. The van der Waals surface area contributed by atoms with E-state index in [1.807, 2.05) is 18.2 Å². The normalized spacial score (nSPS) is 10.3. The number of amides is 1. The monoisotopic (exact) mass is 327 g/mol. The molecule has 0 saturated heterocycles. The van der Waals surface area contributed by atoms with Crippen molar-refractivity contribution in [1.29, 1.82) is 0 Å². The minimum absolute atomic E-state index is 0.104. The summed E-state index contributed by atoms with van der Waals surface area (Å²) in [5.74, 6) is -1.32. The van der Waals surface area contributed by atoms with E-state index >= 15 is 0 Å². The van der Waals surface area contributed by atoms with Gasteiger partial charge in [0.15, 0.2) is 0 Å². The lowest BCUT2D eigenvalue weighted by molar-refractivity contribution is 0.0697. The van der Waals surface area contributed by atoms with Crippen molar-refractivity contribution in [2.24, 2.45) is 0 Å². The van der Waals surface area contributed by atoms with E-state index in [0.717, 1.165) is 6.42 Å². The first-order valence-electron chi connectivity index (χ1n) is 7.90. The molecular formula is C19H21NO4. The Bertz CT molecular complexity index is 670. The molecule has 0 aliphatic heterocycles. The number of carboxylic acids is 1. The van der Waals surface area contributed by atoms with Gasteiger partial charge in [-0.15, -0.1) is 0 Å². The highest BCUT2D eigenvalue weighted by Gasteiger charge is 2.08. The number of carbonyl (C=O) groups is 2. The number of rotatable bonds is 9. The van der Waals surface area contributed by atoms with Crippen LogP contribution < -0.4 is 5.32 Å². The van der Waals surface area contributed by atoms with Gasteiger partial charge >= 0.3 is 5.97 Å². The van der Waals surface area contributed by atoms with E-state index in [2.05, 4.69) is 17.4 Å². The van der Waals surface area contributed by atoms with Crippen molar-refractivity contribution < 1.29 is 19.4 Å². The van der Waals surface area contributed by atoms with Gasteiger partial charge in [-0.05, 0) is 36.6 Å². The third-order valence-electron chi connectivity index (χ3n) is 3.50. The molecule has 0 fully saturated rings. The van der Waals surface area contributed by atoms with Crippen LogP contribution in [0.15, 0.2) is 54.6 Å². The van der Waals surface area contributed by atoms with Crippen LogP contribution in [0.1, 0.15) is 32.7 Å². The van der Waals surface area contributed by atoms with Gasteiger partial charge in [0.2, 0.25) is 0 Å². The molecule has 2 N–H and O–H groups in total. The highest BCUT2D eigenvalue weighted by atomic mass is 16.5. The number of hydrogen-bond donors (Lipinski definition) is 2. The molecule has 0 spiro atoms. The molecule has 0 saturated carbocycles. The van der Waals surface area contributed by atoms with Gasteiger partial charge in [0.05, 0.1) is 12.2 Å². The lowest BCUT2D eigenvalue weighted by Crippen LogP contribution is -2.25. The predicted molar refractivity (Wildman–Crippen MR) is 91.3 cm³/mol. The molecule has 0 heterocycles. The average Bonchev–Trinajstić information content (AvgIpc) is 2.61. The largest absolute Gasteiger partial charge is 0.478 e. The molecule has 24 heavy (non-hydrogen) atoms. The van der Waals surface area contributed by atoms with Gasteiger partial charge in [-0.3, -0.25) is 4.79 Å². The SMILES string of the molecule is O=C(O)c1cccc(C(=O)NCCCOCCc2ccccc2)c1. The Morgan fingerprint density at radius 2 is 1.71 bits per heavy atom. The lowest BCUT2D eigenvalue weighted by Gasteiger charge is -2.07. The molecule has 5 nitrogen and oxygen atoms in total. The van der Waals surface area contributed by atoms with E-state index < -0.39 is 5.97 Å². The van der Waals surface area contributed by atoms with Crippen molar-refractivity contribution >= 4 is 11.9 Å². The highest BCUT2D eigenvalue weighted by Crippen LogP contribution is 2.05. The fourth-order valence-electron chi connectivity index (χ4n) is 2.21. The summed E-state index contributed by atoms with van der Waals surface area (Å²) in [6.45, 7) is 1.71. The summed E-state index contributed by atoms with van der Waals surface area (Å²) >= 11 is 0. The first kappa shape index (κ1) is 17.7. The molecule has 0 bridgehead atoms. The number of hydrogen-bond acceptors (Lipinski definition) is 3. The zero-order chi connectivity index (χ0) is 17.2. The van der Waals surface area contributed by atoms with Gasteiger partial charge < -0.3 is 15.2 Å². The zero-order valence-corrected chi connectivity index (χ0v) is 13.4. The Balaban J connectivity index is 1.61. The van der Waals surface area contributed by atoms with Crippen LogP contribution in [0, 0.1) is 0 Å². The summed E-state index contributed by atoms with van der Waals surface area (Å²) in [6.07, 6.45) is 1.58. The molecule has 0 aliphatic carbocycles. The minimum Gasteiger partial charge on any atom is -0.478 e. The van der Waals surface area contributed by atoms with Gasteiger partial charge in [-0.25, -0.2) is 4.79 Å². The fourth-order valence-corrected chi connectivity index (χ4v) is 2.21. The van der Waals surface area contributed by atoms with Crippen molar-refractivity contribution in [2.75, 3.05) is 19.8 Å². The standard InChI is InChI=1S/C19H21NO4/c21-18(16-8-4-9-17(14-16)19(22)23)20-11-5-12-24-13-10-15-6-2-1-3-7-15/h1-4,6-9,14H,5,10-13H2,(H,20,21)(H,22,23). The van der Waals surface area contributed by atoms with Crippen molar-refractivity contribution in [3.63, 3.8) is 0 Å². The number of nitrogens with one attached hydrogen (secondary N) is 1. The number of carbonyl (C=O) groups excluding carboxylic acids is 1. The van der Waals surface area contributed by atoms with Gasteiger partial charge in [0.25, 0.3) is 5.91 Å². The molecular weight excluding hydrogens is 306 g/mol. The second-order valence-electron chi connectivity index (χ2n) is 5.34. The van der Waals surface area contributed by atoms with Gasteiger partial charge in [-0.2, -0.15) is 0 Å². The van der Waals surface area contributed by atoms with Crippen LogP contribution in [-0.2, 0) is 11.2 Å². The van der Waals surface area contributed by atoms with Crippen LogP contribution in [0.25, 0.3) is 0 Å². The summed E-state index contributed by atoms with van der Waals surface area (Å²) in [4.78, 5) is 22.8. The maximum absolute atomic E-state index is 11.9. The van der Waals surface area contributed by atoms with Crippen LogP contribution in [0.3, 0.4) is 0 Å². The topological polar surface area (TPSA) is 75.6 Å². The second-order valence-corrected chi connectivity index (χ2v) is 5.34. The molecule has 1 amide bonds.